The number of hydrogen-bond acceptors (Lipinski definition) is 6. The first-order valence-corrected chi connectivity index (χ1v) is 8.99. The summed E-state index contributed by atoms with van der Waals surface area (Å²) in [6.45, 7) is 2.60. The van der Waals surface area contributed by atoms with Gasteiger partial charge in [-0.2, -0.15) is 5.90 Å². The molecule has 1 aromatic rings. The fourth-order valence-corrected chi connectivity index (χ4v) is 4.60. The monoisotopic (exact) mass is 397 g/mol. The minimum Gasteiger partial charge on any atom is -0.490 e. The first-order chi connectivity index (χ1) is 11.5. The molecule has 2 fully saturated rings. The van der Waals surface area contributed by atoms with Crippen molar-refractivity contribution in [3.8, 4) is 5.75 Å². The van der Waals surface area contributed by atoms with Crippen molar-refractivity contribution in [1.82, 2.24) is 0 Å². The highest BCUT2D eigenvalue weighted by molar-refractivity contribution is 9.10. The lowest BCUT2D eigenvalue weighted by Gasteiger charge is -2.46. The van der Waals surface area contributed by atoms with Crippen LogP contribution in [0.5, 0.6) is 5.75 Å². The first-order valence-electron chi connectivity index (χ1n) is 8.20. The number of nitrogens with two attached hydrogens (primary N) is 1. The Kier molecular flexibility index (Phi) is 4.07. The molecule has 2 heterocycles. The van der Waals surface area contributed by atoms with Crippen LogP contribution in [0.4, 0.5) is 0 Å². The van der Waals surface area contributed by atoms with Gasteiger partial charge < -0.3 is 19.0 Å². The summed E-state index contributed by atoms with van der Waals surface area (Å²) in [5.41, 5.74) is 0.818. The van der Waals surface area contributed by atoms with Crippen molar-refractivity contribution in [2.75, 3.05) is 6.61 Å². The predicted octanol–water partition coefficient (Wildman–Crippen LogP) is 2.64. The number of hydrogen-bond donors (Lipinski definition) is 1. The highest BCUT2D eigenvalue weighted by Gasteiger charge is 2.53. The fraction of sp³-hybridized carbons (Fsp3) is 0.588. The van der Waals surface area contributed by atoms with E-state index in [2.05, 4.69) is 20.8 Å². The Hall–Kier alpha value is -1.15. The smallest absolute Gasteiger partial charge is 0.332 e. The van der Waals surface area contributed by atoms with Crippen molar-refractivity contribution >= 4 is 21.9 Å². The van der Waals surface area contributed by atoms with E-state index < -0.39 is 17.7 Å². The molecule has 0 radical (unpaired) electrons. The third kappa shape index (κ3) is 2.63. The van der Waals surface area contributed by atoms with E-state index in [1.807, 2.05) is 25.1 Å². The summed E-state index contributed by atoms with van der Waals surface area (Å²) in [6, 6.07) is 5.67. The van der Waals surface area contributed by atoms with Crippen LogP contribution in [0.2, 0.25) is 0 Å². The fourth-order valence-electron chi connectivity index (χ4n) is 4.22. The number of benzene rings is 1. The molecule has 6 nitrogen and oxygen atoms in total. The minimum atomic E-state index is -0.593. The number of carbonyl (C=O) groups is 1. The second-order valence-electron chi connectivity index (χ2n) is 6.81. The van der Waals surface area contributed by atoms with Crippen LogP contribution in [0, 0.1) is 5.92 Å². The normalized spacial score (nSPS) is 37.5. The zero-order valence-corrected chi connectivity index (χ0v) is 15.0. The highest BCUT2D eigenvalue weighted by Crippen LogP contribution is 2.51. The average molecular weight is 398 g/mol. The lowest BCUT2D eigenvalue weighted by molar-refractivity contribution is -0.214. The van der Waals surface area contributed by atoms with E-state index >= 15 is 0 Å². The Morgan fingerprint density at radius 1 is 1.46 bits per heavy atom. The van der Waals surface area contributed by atoms with Crippen LogP contribution in [0.1, 0.15) is 37.7 Å². The Morgan fingerprint density at radius 2 is 2.29 bits per heavy atom. The van der Waals surface area contributed by atoms with Gasteiger partial charge in [-0.25, -0.2) is 4.79 Å². The predicted molar refractivity (Wildman–Crippen MR) is 88.1 cm³/mol. The largest absolute Gasteiger partial charge is 0.490 e. The van der Waals surface area contributed by atoms with Crippen LogP contribution in [-0.4, -0.2) is 30.6 Å². The van der Waals surface area contributed by atoms with Crippen LogP contribution in [0.25, 0.3) is 0 Å². The van der Waals surface area contributed by atoms with Gasteiger partial charge in [0.05, 0.1) is 18.6 Å². The van der Waals surface area contributed by atoms with Gasteiger partial charge in [-0.15, -0.1) is 0 Å². The zero-order chi connectivity index (χ0) is 16.9. The SMILES string of the molecule is CC1COC2(CCC3C(C2)Oc2ccc(Br)cc2C3C(=O)ON)O1. The van der Waals surface area contributed by atoms with Crippen LogP contribution >= 0.6 is 15.9 Å². The summed E-state index contributed by atoms with van der Waals surface area (Å²) in [5, 5.41) is 0. The summed E-state index contributed by atoms with van der Waals surface area (Å²) in [5.74, 6) is 4.44. The first kappa shape index (κ1) is 16.3. The Balaban J connectivity index is 1.68. The lowest BCUT2D eigenvalue weighted by atomic mass is 9.71. The van der Waals surface area contributed by atoms with Gasteiger partial charge in [0.1, 0.15) is 11.9 Å². The summed E-state index contributed by atoms with van der Waals surface area (Å²) >= 11 is 3.45. The summed E-state index contributed by atoms with van der Waals surface area (Å²) in [4.78, 5) is 17.0. The van der Waals surface area contributed by atoms with Crippen LogP contribution < -0.4 is 10.6 Å². The molecule has 2 N–H and O–H groups in total. The molecule has 3 aliphatic rings. The summed E-state index contributed by atoms with van der Waals surface area (Å²) < 4.78 is 19.0. The number of ether oxygens (including phenoxy) is 3. The van der Waals surface area contributed by atoms with E-state index in [0.29, 0.717) is 18.8 Å². The Bertz CT molecular complexity index is 668. The number of rotatable bonds is 1. The third-order valence-electron chi connectivity index (χ3n) is 5.23. The van der Waals surface area contributed by atoms with E-state index in [9.17, 15) is 4.79 Å². The maximum Gasteiger partial charge on any atom is 0.332 e. The van der Waals surface area contributed by atoms with E-state index in [-0.39, 0.29) is 18.1 Å². The van der Waals surface area contributed by atoms with Gasteiger partial charge in [-0.1, -0.05) is 15.9 Å². The van der Waals surface area contributed by atoms with Gasteiger partial charge >= 0.3 is 5.97 Å². The second-order valence-corrected chi connectivity index (χ2v) is 7.73. The summed E-state index contributed by atoms with van der Waals surface area (Å²) in [6.07, 6.45) is 2.01. The molecule has 130 valence electrons. The van der Waals surface area contributed by atoms with Gasteiger partial charge in [0, 0.05) is 28.8 Å². The number of fused-ring (bicyclic) bond motifs is 2. The Labute approximate surface area is 148 Å². The Morgan fingerprint density at radius 3 is 3.00 bits per heavy atom. The number of halogens is 1. The molecule has 24 heavy (non-hydrogen) atoms. The van der Waals surface area contributed by atoms with E-state index in [4.69, 9.17) is 20.1 Å². The van der Waals surface area contributed by atoms with Crippen molar-refractivity contribution in [2.45, 2.75) is 50.1 Å². The van der Waals surface area contributed by atoms with Crippen LogP contribution in [-0.2, 0) is 19.1 Å². The summed E-state index contributed by atoms with van der Waals surface area (Å²) in [7, 11) is 0. The molecular formula is C17H20BrNO5. The average Bonchev–Trinajstić information content (AvgIpc) is 2.92. The van der Waals surface area contributed by atoms with Crippen molar-refractivity contribution < 1.29 is 23.8 Å². The molecule has 4 rings (SSSR count). The van der Waals surface area contributed by atoms with Gasteiger partial charge in [0.2, 0.25) is 0 Å². The van der Waals surface area contributed by atoms with Crippen molar-refractivity contribution in [3.63, 3.8) is 0 Å². The molecule has 1 aliphatic carbocycles. The van der Waals surface area contributed by atoms with Crippen LogP contribution in [0.15, 0.2) is 22.7 Å². The molecule has 5 unspecified atom stereocenters. The van der Waals surface area contributed by atoms with Crippen molar-refractivity contribution in [3.05, 3.63) is 28.2 Å². The van der Waals surface area contributed by atoms with Gasteiger partial charge in [-0.3, -0.25) is 0 Å². The second kappa shape index (κ2) is 5.98. The molecule has 2 aliphatic heterocycles. The number of carbonyl (C=O) groups excluding carboxylic acids is 1. The standard InChI is InChI=1S/C17H20BrNO5/c1-9-8-21-17(23-9)5-4-11-14(7-17)22-13-3-2-10(18)6-12(13)15(11)16(20)24-19/h2-3,6,9,11,14-15H,4-5,7-8,19H2,1H3. The topological polar surface area (TPSA) is 80.0 Å². The van der Waals surface area contributed by atoms with Crippen molar-refractivity contribution in [2.24, 2.45) is 11.8 Å². The minimum absolute atomic E-state index is 0.00317. The molecule has 1 spiro atoms. The maximum atomic E-state index is 12.4. The highest BCUT2D eigenvalue weighted by atomic mass is 79.9. The quantitative estimate of drug-likeness (QED) is 0.733. The molecule has 5 atom stereocenters. The van der Waals surface area contributed by atoms with Gasteiger partial charge in [-0.05, 0) is 31.5 Å². The molecule has 0 amide bonds. The van der Waals surface area contributed by atoms with Gasteiger partial charge in [0.15, 0.2) is 5.79 Å². The van der Waals surface area contributed by atoms with E-state index in [1.165, 1.54) is 0 Å². The molecular weight excluding hydrogens is 378 g/mol. The van der Waals surface area contributed by atoms with Crippen molar-refractivity contribution in [1.29, 1.82) is 0 Å². The zero-order valence-electron chi connectivity index (χ0n) is 13.4. The van der Waals surface area contributed by atoms with Crippen LogP contribution in [0.3, 0.4) is 0 Å². The van der Waals surface area contributed by atoms with E-state index in [1.54, 1.807) is 0 Å². The molecule has 1 saturated carbocycles. The molecule has 0 aromatic heterocycles. The maximum absolute atomic E-state index is 12.4. The molecule has 1 aromatic carbocycles. The third-order valence-corrected chi connectivity index (χ3v) is 5.72. The molecule has 1 saturated heterocycles. The lowest BCUT2D eigenvalue weighted by Crippen LogP contribution is -2.50. The van der Waals surface area contributed by atoms with Gasteiger partial charge in [0.25, 0.3) is 0 Å². The molecule has 7 heteroatoms. The molecule has 0 bridgehead atoms. The van der Waals surface area contributed by atoms with E-state index in [0.717, 1.165) is 22.9 Å².